The van der Waals surface area contributed by atoms with Crippen LogP contribution in [0.25, 0.3) is 11.0 Å². The van der Waals surface area contributed by atoms with Gasteiger partial charge >= 0.3 is 0 Å². The Labute approximate surface area is 218 Å². The molecule has 0 amide bonds. The van der Waals surface area contributed by atoms with E-state index in [2.05, 4.69) is 42.4 Å². The second-order valence-corrected chi connectivity index (χ2v) is 13.5. The van der Waals surface area contributed by atoms with Crippen molar-refractivity contribution in [3.8, 4) is 0 Å². The Balaban J connectivity index is 1.51. The van der Waals surface area contributed by atoms with Crippen molar-refractivity contribution in [3.63, 3.8) is 0 Å². The number of hydrogen-bond acceptors (Lipinski definition) is 3. The number of fused-ring (bicyclic) bond motifs is 1. The van der Waals surface area contributed by atoms with Crippen molar-refractivity contribution in [1.29, 1.82) is 0 Å². The van der Waals surface area contributed by atoms with E-state index in [0.29, 0.717) is 24.5 Å². The average molecular weight is 523 g/mol. The first kappa shape index (κ1) is 27.5. The molecule has 2 aliphatic rings. The van der Waals surface area contributed by atoms with Gasteiger partial charge in [0.1, 0.15) is 16.8 Å². The third-order valence-corrected chi connectivity index (χ3v) is 9.21. The number of aromatic nitrogens is 2. The molecule has 2 heterocycles. The summed E-state index contributed by atoms with van der Waals surface area (Å²) in [6, 6.07) is 6.20. The Morgan fingerprint density at radius 1 is 1.08 bits per heavy atom. The molecule has 1 saturated heterocycles. The van der Waals surface area contributed by atoms with Gasteiger partial charge in [-0.15, -0.1) is 0 Å². The van der Waals surface area contributed by atoms with Gasteiger partial charge in [0.05, 0.1) is 22.5 Å². The molecule has 0 radical (unpaired) electrons. The van der Waals surface area contributed by atoms with Gasteiger partial charge in [-0.1, -0.05) is 27.2 Å². The molecule has 5 nitrogen and oxygen atoms in total. The van der Waals surface area contributed by atoms with Gasteiger partial charge in [0, 0.05) is 38.4 Å². The van der Waals surface area contributed by atoms with Gasteiger partial charge in [-0.2, -0.15) is 0 Å². The summed E-state index contributed by atoms with van der Waals surface area (Å²) in [7, 11) is 0.806. The molecule has 1 saturated carbocycles. The fourth-order valence-corrected chi connectivity index (χ4v) is 6.76. The van der Waals surface area contributed by atoms with Gasteiger partial charge in [0.15, 0.2) is 0 Å². The number of rotatable bonds is 7. The van der Waals surface area contributed by atoms with Gasteiger partial charge in [-0.25, -0.2) is 18.0 Å². The topological polar surface area (TPSA) is 41.4 Å². The summed E-state index contributed by atoms with van der Waals surface area (Å²) < 4.78 is 44.9. The number of imidazole rings is 1. The largest absolute Gasteiger partial charge is 0.327 e. The number of hydrogen-bond donors (Lipinski definition) is 0. The summed E-state index contributed by atoms with van der Waals surface area (Å²) in [5.41, 5.74) is 2.76. The van der Waals surface area contributed by atoms with Crippen LogP contribution in [-0.2, 0) is 22.9 Å². The van der Waals surface area contributed by atoms with E-state index in [1.165, 1.54) is 19.3 Å². The number of benzene rings is 1. The number of halogens is 2. The molecule has 1 aliphatic carbocycles. The SMILES string of the molecule is CN(c1ccc2c(c1)nc(C(C)(C)C)n2CC1CCCC(F)(F)CCC1)S(=O)CCN1CCCCC1. The van der Waals surface area contributed by atoms with E-state index in [0.717, 1.165) is 61.6 Å². The van der Waals surface area contributed by atoms with Crippen LogP contribution in [0.3, 0.4) is 0 Å². The molecule has 4 rings (SSSR count). The Hall–Kier alpha value is -1.54. The normalized spacial score (nSPS) is 21.3. The van der Waals surface area contributed by atoms with Crippen molar-refractivity contribution in [1.82, 2.24) is 14.5 Å². The van der Waals surface area contributed by atoms with E-state index in [-0.39, 0.29) is 18.3 Å². The smallest absolute Gasteiger partial charge is 0.248 e. The first-order valence-electron chi connectivity index (χ1n) is 13.8. The second-order valence-electron chi connectivity index (χ2n) is 11.9. The molecule has 1 unspecified atom stereocenters. The highest BCUT2D eigenvalue weighted by atomic mass is 32.2. The van der Waals surface area contributed by atoms with Gasteiger partial charge < -0.3 is 9.47 Å². The van der Waals surface area contributed by atoms with Crippen molar-refractivity contribution >= 4 is 27.7 Å². The van der Waals surface area contributed by atoms with E-state index >= 15 is 0 Å². The molecule has 1 aromatic carbocycles. The summed E-state index contributed by atoms with van der Waals surface area (Å²) >= 11 is 0. The molecule has 0 N–H and O–H groups in total. The van der Waals surface area contributed by atoms with Crippen LogP contribution in [0.1, 0.15) is 84.4 Å². The molecular weight excluding hydrogens is 478 g/mol. The Kier molecular flexibility index (Phi) is 8.75. The van der Waals surface area contributed by atoms with Crippen molar-refractivity contribution in [2.45, 2.75) is 96.4 Å². The lowest BCUT2D eigenvalue weighted by molar-refractivity contribution is -0.0276. The average Bonchev–Trinajstić information content (AvgIpc) is 3.19. The quantitative estimate of drug-likeness (QED) is 0.415. The molecule has 1 aliphatic heterocycles. The predicted octanol–water partition coefficient (Wildman–Crippen LogP) is 6.53. The van der Waals surface area contributed by atoms with Crippen molar-refractivity contribution < 1.29 is 13.0 Å². The van der Waals surface area contributed by atoms with Crippen LogP contribution in [0.5, 0.6) is 0 Å². The van der Waals surface area contributed by atoms with Gasteiger partial charge in [-0.3, -0.25) is 4.31 Å². The number of piperidine rings is 1. The molecule has 2 aromatic rings. The zero-order valence-electron chi connectivity index (χ0n) is 22.6. The van der Waals surface area contributed by atoms with Crippen molar-refractivity contribution in [2.75, 3.05) is 36.7 Å². The first-order chi connectivity index (χ1) is 17.0. The summed E-state index contributed by atoms with van der Waals surface area (Å²) in [5.74, 6) is -0.462. The van der Waals surface area contributed by atoms with Gasteiger partial charge in [0.25, 0.3) is 0 Å². The van der Waals surface area contributed by atoms with Crippen molar-refractivity contribution in [2.24, 2.45) is 5.92 Å². The molecule has 202 valence electrons. The molecule has 1 aromatic heterocycles. The van der Waals surface area contributed by atoms with Crippen LogP contribution in [0.4, 0.5) is 14.5 Å². The van der Waals surface area contributed by atoms with Gasteiger partial charge in [-0.05, 0) is 75.7 Å². The van der Waals surface area contributed by atoms with E-state index in [4.69, 9.17) is 4.98 Å². The van der Waals surface area contributed by atoms with Crippen LogP contribution >= 0.6 is 0 Å². The molecular formula is C28H44F2N4OS. The summed E-state index contributed by atoms with van der Waals surface area (Å²) in [6.07, 6.45) is 6.61. The Bertz CT molecular complexity index is 1030. The summed E-state index contributed by atoms with van der Waals surface area (Å²) in [6.45, 7) is 10.4. The highest BCUT2D eigenvalue weighted by Crippen LogP contribution is 2.35. The molecule has 0 spiro atoms. The highest BCUT2D eigenvalue weighted by molar-refractivity contribution is 7.86. The van der Waals surface area contributed by atoms with E-state index in [9.17, 15) is 13.0 Å². The first-order valence-corrected chi connectivity index (χ1v) is 15.0. The lowest BCUT2D eigenvalue weighted by Gasteiger charge is -2.27. The monoisotopic (exact) mass is 522 g/mol. The minimum atomic E-state index is -2.50. The highest BCUT2D eigenvalue weighted by Gasteiger charge is 2.31. The zero-order valence-corrected chi connectivity index (χ0v) is 23.4. The fourth-order valence-electron chi connectivity index (χ4n) is 5.72. The summed E-state index contributed by atoms with van der Waals surface area (Å²) in [4.78, 5) is 7.47. The fraction of sp³-hybridized carbons (Fsp3) is 0.750. The Morgan fingerprint density at radius 2 is 1.75 bits per heavy atom. The minimum absolute atomic E-state index is 0.00486. The third kappa shape index (κ3) is 6.85. The van der Waals surface area contributed by atoms with E-state index < -0.39 is 16.9 Å². The Morgan fingerprint density at radius 3 is 2.39 bits per heavy atom. The molecule has 36 heavy (non-hydrogen) atoms. The lowest BCUT2D eigenvalue weighted by Crippen LogP contribution is -2.35. The zero-order chi connectivity index (χ0) is 25.9. The molecule has 0 bridgehead atoms. The summed E-state index contributed by atoms with van der Waals surface area (Å²) in [5, 5.41) is 0. The number of alkyl halides is 2. The maximum absolute atomic E-state index is 13.8. The van der Waals surface area contributed by atoms with Crippen LogP contribution in [-0.4, -0.2) is 57.0 Å². The second kappa shape index (κ2) is 11.5. The maximum atomic E-state index is 13.8. The van der Waals surface area contributed by atoms with Crippen LogP contribution in [0, 0.1) is 5.92 Å². The van der Waals surface area contributed by atoms with Crippen molar-refractivity contribution in [3.05, 3.63) is 24.0 Å². The number of likely N-dealkylation sites (tertiary alicyclic amines) is 1. The molecule has 1 atom stereocenters. The number of nitrogens with zero attached hydrogens (tertiary/aromatic N) is 4. The third-order valence-electron chi connectivity index (χ3n) is 7.85. The van der Waals surface area contributed by atoms with Crippen LogP contribution in [0.15, 0.2) is 18.2 Å². The number of anilines is 1. The van der Waals surface area contributed by atoms with Gasteiger partial charge in [0.2, 0.25) is 5.92 Å². The van der Waals surface area contributed by atoms with E-state index in [1.807, 2.05) is 17.4 Å². The lowest BCUT2D eigenvalue weighted by atomic mass is 9.89. The molecule has 2 fully saturated rings. The van der Waals surface area contributed by atoms with E-state index in [1.54, 1.807) is 0 Å². The maximum Gasteiger partial charge on any atom is 0.248 e. The standard InChI is InChI=1S/C28H44F2N4OS/c1-27(2,3)26-31-24-20-23(32(4)36(35)19-18-33-16-6-5-7-17-33)12-13-25(24)34(26)21-22-10-8-14-28(29,30)15-9-11-22/h12-13,20,22H,5-11,14-19,21H2,1-4H3. The van der Waals surface area contributed by atoms with Crippen LogP contribution < -0.4 is 4.31 Å². The van der Waals surface area contributed by atoms with Crippen LogP contribution in [0.2, 0.25) is 0 Å². The minimum Gasteiger partial charge on any atom is -0.327 e. The molecule has 8 heteroatoms. The predicted molar refractivity (Wildman–Crippen MR) is 146 cm³/mol.